The Labute approximate surface area is 146 Å². The molecule has 0 heterocycles. The Morgan fingerprint density at radius 1 is 1.12 bits per heavy atom. The molecule has 0 fully saturated rings. The maximum Gasteiger partial charge on any atom is 0.312 e. The predicted molar refractivity (Wildman–Crippen MR) is 89.9 cm³/mol. The third-order valence-electron chi connectivity index (χ3n) is 3.15. The molecule has 0 saturated carbocycles. The third-order valence-corrected chi connectivity index (χ3v) is 3.38. The van der Waals surface area contributed by atoms with Gasteiger partial charge in [0.1, 0.15) is 5.69 Å². The molecule has 0 spiro atoms. The molecule has 1 atom stereocenters. The summed E-state index contributed by atoms with van der Waals surface area (Å²) in [6, 6.07) is 9.36. The number of para-hydroxylation sites is 2. The van der Waals surface area contributed by atoms with Crippen molar-refractivity contribution in [1.29, 1.82) is 0 Å². The molecule has 0 bridgehead atoms. The number of anilines is 1. The minimum absolute atomic E-state index is 0.00134. The standard InChI is InChI=1S/C15H12ClN3O6/c1-9(25-14-7-6-10(16)8-13(14)19(23)24)15(20)17-11-4-2-3-5-12(11)18(21)22/h2-9H,1H3,(H,17,20)/t9-/m0/s1. The summed E-state index contributed by atoms with van der Waals surface area (Å²) in [7, 11) is 0. The van der Waals surface area contributed by atoms with Gasteiger partial charge in [-0.3, -0.25) is 25.0 Å². The van der Waals surface area contributed by atoms with Crippen LogP contribution in [0.4, 0.5) is 17.1 Å². The lowest BCUT2D eigenvalue weighted by atomic mass is 10.2. The zero-order valence-corrected chi connectivity index (χ0v) is 13.6. The summed E-state index contributed by atoms with van der Waals surface area (Å²) in [5.41, 5.74) is -0.670. The molecule has 0 aliphatic carbocycles. The summed E-state index contributed by atoms with van der Waals surface area (Å²) in [6.07, 6.45) is -1.14. The van der Waals surface area contributed by atoms with E-state index in [1.54, 1.807) is 0 Å². The van der Waals surface area contributed by atoms with Gasteiger partial charge in [-0.2, -0.15) is 0 Å². The van der Waals surface area contributed by atoms with Crippen LogP contribution in [0.3, 0.4) is 0 Å². The number of halogens is 1. The Morgan fingerprint density at radius 3 is 2.40 bits per heavy atom. The highest BCUT2D eigenvalue weighted by Gasteiger charge is 2.23. The Bertz CT molecular complexity index is 842. The van der Waals surface area contributed by atoms with Gasteiger partial charge in [-0.25, -0.2) is 0 Å². The van der Waals surface area contributed by atoms with Crippen molar-refractivity contribution in [3.8, 4) is 5.75 Å². The van der Waals surface area contributed by atoms with Crippen LogP contribution in [-0.2, 0) is 4.79 Å². The fraction of sp³-hybridized carbons (Fsp3) is 0.133. The van der Waals surface area contributed by atoms with E-state index in [-0.39, 0.29) is 22.1 Å². The molecule has 130 valence electrons. The first-order valence-electron chi connectivity index (χ1n) is 6.94. The molecule has 0 aliphatic rings. The smallest absolute Gasteiger partial charge is 0.312 e. The minimum atomic E-state index is -1.14. The van der Waals surface area contributed by atoms with Crippen LogP contribution in [0.15, 0.2) is 42.5 Å². The van der Waals surface area contributed by atoms with Gasteiger partial charge in [-0.1, -0.05) is 23.7 Å². The topological polar surface area (TPSA) is 125 Å². The number of hydrogen-bond donors (Lipinski definition) is 1. The van der Waals surface area contributed by atoms with E-state index in [1.807, 2.05) is 0 Å². The van der Waals surface area contributed by atoms with E-state index < -0.39 is 27.5 Å². The number of nitrogens with zero attached hydrogens (tertiary/aromatic N) is 2. The summed E-state index contributed by atoms with van der Waals surface area (Å²) in [6.45, 7) is 1.36. The van der Waals surface area contributed by atoms with Crippen LogP contribution in [0.25, 0.3) is 0 Å². The lowest BCUT2D eigenvalue weighted by Gasteiger charge is -2.15. The van der Waals surface area contributed by atoms with Gasteiger partial charge in [-0.15, -0.1) is 0 Å². The van der Waals surface area contributed by atoms with Crippen LogP contribution in [0, 0.1) is 20.2 Å². The summed E-state index contributed by atoms with van der Waals surface area (Å²) in [4.78, 5) is 32.8. The highest BCUT2D eigenvalue weighted by Crippen LogP contribution is 2.31. The van der Waals surface area contributed by atoms with Gasteiger partial charge < -0.3 is 10.1 Å². The fourth-order valence-electron chi connectivity index (χ4n) is 1.95. The molecule has 9 nitrogen and oxygen atoms in total. The van der Waals surface area contributed by atoms with Gasteiger partial charge in [0, 0.05) is 17.2 Å². The zero-order chi connectivity index (χ0) is 18.6. The van der Waals surface area contributed by atoms with Crippen LogP contribution in [0.2, 0.25) is 5.02 Å². The Hall–Kier alpha value is -3.20. The average molecular weight is 366 g/mol. The van der Waals surface area contributed by atoms with E-state index in [4.69, 9.17) is 16.3 Å². The summed E-state index contributed by atoms with van der Waals surface area (Å²) in [5, 5.41) is 24.5. The van der Waals surface area contributed by atoms with Gasteiger partial charge in [0.25, 0.3) is 11.6 Å². The number of ether oxygens (including phenoxy) is 1. The number of nitro benzene ring substituents is 2. The van der Waals surface area contributed by atoms with E-state index in [0.717, 1.165) is 6.07 Å². The highest BCUT2D eigenvalue weighted by atomic mass is 35.5. The van der Waals surface area contributed by atoms with Gasteiger partial charge in [0.05, 0.1) is 9.85 Å². The molecule has 0 radical (unpaired) electrons. The first-order chi connectivity index (χ1) is 11.8. The monoisotopic (exact) mass is 365 g/mol. The number of hydrogen-bond acceptors (Lipinski definition) is 6. The first kappa shape index (κ1) is 18.1. The summed E-state index contributed by atoms with van der Waals surface area (Å²) < 4.78 is 5.31. The van der Waals surface area contributed by atoms with E-state index in [1.165, 1.54) is 43.3 Å². The Morgan fingerprint density at radius 2 is 1.76 bits per heavy atom. The molecule has 2 aromatic rings. The second-order valence-corrected chi connectivity index (χ2v) is 5.33. The second-order valence-electron chi connectivity index (χ2n) is 4.89. The second kappa shape index (κ2) is 7.58. The molecule has 2 rings (SSSR count). The van der Waals surface area contributed by atoms with Crippen LogP contribution < -0.4 is 10.1 Å². The number of amides is 1. The van der Waals surface area contributed by atoms with Crippen molar-refractivity contribution >= 4 is 34.6 Å². The predicted octanol–water partition coefficient (Wildman–Crippen LogP) is 3.56. The minimum Gasteiger partial charge on any atom is -0.474 e. The van der Waals surface area contributed by atoms with Crippen molar-refractivity contribution in [2.45, 2.75) is 13.0 Å². The number of benzene rings is 2. The fourth-order valence-corrected chi connectivity index (χ4v) is 2.12. The third kappa shape index (κ3) is 4.42. The molecule has 2 aromatic carbocycles. The van der Waals surface area contributed by atoms with Crippen LogP contribution in [0.5, 0.6) is 5.75 Å². The number of nitro groups is 2. The van der Waals surface area contributed by atoms with Gasteiger partial charge in [0.2, 0.25) is 0 Å². The number of carbonyl (C=O) groups excluding carboxylic acids is 1. The number of rotatable bonds is 6. The lowest BCUT2D eigenvalue weighted by molar-refractivity contribution is -0.386. The quantitative estimate of drug-likeness (QED) is 0.616. The van der Waals surface area contributed by atoms with Crippen LogP contribution in [-0.4, -0.2) is 21.9 Å². The van der Waals surface area contributed by atoms with Crippen molar-refractivity contribution in [1.82, 2.24) is 0 Å². The van der Waals surface area contributed by atoms with Gasteiger partial charge >= 0.3 is 5.69 Å². The van der Waals surface area contributed by atoms with Gasteiger partial charge in [0.15, 0.2) is 11.9 Å². The molecule has 1 N–H and O–H groups in total. The van der Waals surface area contributed by atoms with E-state index in [9.17, 15) is 25.0 Å². The maximum atomic E-state index is 12.2. The normalized spacial score (nSPS) is 11.4. The Kier molecular flexibility index (Phi) is 5.50. The molecule has 0 saturated heterocycles. The van der Waals surface area contributed by atoms with E-state index >= 15 is 0 Å². The molecule has 0 unspecified atom stereocenters. The molecule has 0 aliphatic heterocycles. The highest BCUT2D eigenvalue weighted by molar-refractivity contribution is 6.30. The van der Waals surface area contributed by atoms with E-state index in [2.05, 4.69) is 5.32 Å². The maximum absolute atomic E-state index is 12.2. The first-order valence-corrected chi connectivity index (χ1v) is 7.32. The zero-order valence-electron chi connectivity index (χ0n) is 12.8. The van der Waals surface area contributed by atoms with Gasteiger partial charge in [-0.05, 0) is 25.1 Å². The summed E-state index contributed by atoms with van der Waals surface area (Å²) >= 11 is 5.71. The molecule has 10 heteroatoms. The van der Waals surface area contributed by atoms with Crippen molar-refractivity contribution in [2.75, 3.05) is 5.32 Å². The number of nitrogens with one attached hydrogen (secondary N) is 1. The molecular formula is C15H12ClN3O6. The van der Waals surface area contributed by atoms with Crippen molar-refractivity contribution in [3.63, 3.8) is 0 Å². The largest absolute Gasteiger partial charge is 0.474 e. The van der Waals surface area contributed by atoms with Crippen molar-refractivity contribution in [2.24, 2.45) is 0 Å². The lowest BCUT2D eigenvalue weighted by Crippen LogP contribution is -2.30. The van der Waals surface area contributed by atoms with Crippen molar-refractivity contribution < 1.29 is 19.4 Å². The van der Waals surface area contributed by atoms with E-state index in [0.29, 0.717) is 0 Å². The van der Waals surface area contributed by atoms with Crippen LogP contribution >= 0.6 is 11.6 Å². The average Bonchev–Trinajstić information content (AvgIpc) is 2.56. The number of carbonyl (C=O) groups is 1. The SMILES string of the molecule is C[C@H](Oc1ccc(Cl)cc1[N+](=O)[O-])C(=O)Nc1ccccc1[N+](=O)[O-]. The molecular weight excluding hydrogens is 354 g/mol. The summed E-state index contributed by atoms with van der Waals surface area (Å²) in [5.74, 6) is -0.835. The molecule has 25 heavy (non-hydrogen) atoms. The molecule has 0 aromatic heterocycles. The van der Waals surface area contributed by atoms with Crippen molar-refractivity contribution in [3.05, 3.63) is 67.7 Å². The van der Waals surface area contributed by atoms with Crippen LogP contribution in [0.1, 0.15) is 6.92 Å². The Balaban J connectivity index is 2.17. The molecule has 1 amide bonds.